The molecule has 0 bridgehead atoms. The second-order valence-corrected chi connectivity index (χ2v) is 4.48. The van der Waals surface area contributed by atoms with Gasteiger partial charge in [0.2, 0.25) is 5.25 Å². The third kappa shape index (κ3) is 1.30. The molecule has 0 N–H and O–H groups in total. The van der Waals surface area contributed by atoms with E-state index in [1.54, 1.807) is 0 Å². The minimum absolute atomic E-state index is 0.157. The van der Waals surface area contributed by atoms with Gasteiger partial charge in [-0.1, -0.05) is 0 Å². The summed E-state index contributed by atoms with van der Waals surface area (Å²) in [6.45, 7) is 0. The van der Waals surface area contributed by atoms with Crippen molar-refractivity contribution in [1.82, 2.24) is 0 Å². The standard InChI is InChI=1S/C4H5Cl2OS/c5-4(6)1-3(2-4)8-7/h3H,1-2H2/q+1. The van der Waals surface area contributed by atoms with Gasteiger partial charge in [-0.2, -0.15) is 0 Å². The van der Waals surface area contributed by atoms with E-state index < -0.39 is 4.33 Å². The van der Waals surface area contributed by atoms with Crippen molar-refractivity contribution in [2.75, 3.05) is 0 Å². The Morgan fingerprint density at radius 2 is 2.00 bits per heavy atom. The Morgan fingerprint density at radius 1 is 1.50 bits per heavy atom. The average molecular weight is 172 g/mol. The van der Waals surface area contributed by atoms with Crippen molar-refractivity contribution in [1.29, 1.82) is 0 Å². The van der Waals surface area contributed by atoms with Crippen LogP contribution in [0.25, 0.3) is 0 Å². The molecule has 0 unspecified atom stereocenters. The monoisotopic (exact) mass is 171 g/mol. The summed E-state index contributed by atoms with van der Waals surface area (Å²) < 4.78 is 9.42. The molecule has 0 spiro atoms. The molecule has 0 heterocycles. The summed E-state index contributed by atoms with van der Waals surface area (Å²) in [6.07, 6.45) is 1.29. The molecule has 1 aliphatic rings. The minimum atomic E-state index is -0.581. The van der Waals surface area contributed by atoms with Gasteiger partial charge in [-0.05, 0) is 0 Å². The van der Waals surface area contributed by atoms with Crippen molar-refractivity contribution < 1.29 is 4.21 Å². The van der Waals surface area contributed by atoms with E-state index in [9.17, 15) is 4.21 Å². The predicted octanol–water partition coefficient (Wildman–Crippen LogP) is 1.75. The predicted molar refractivity (Wildman–Crippen MR) is 35.5 cm³/mol. The summed E-state index contributed by atoms with van der Waals surface area (Å²) in [5, 5.41) is 0.157. The SMILES string of the molecule is O=[S+]C1CC(Cl)(Cl)C1. The van der Waals surface area contributed by atoms with E-state index in [0.717, 1.165) is 0 Å². The van der Waals surface area contributed by atoms with E-state index in [-0.39, 0.29) is 5.25 Å². The van der Waals surface area contributed by atoms with Gasteiger partial charge in [0.15, 0.2) is 0 Å². The molecule has 8 heavy (non-hydrogen) atoms. The molecule has 0 amide bonds. The normalized spacial score (nSPS) is 26.8. The van der Waals surface area contributed by atoms with Gasteiger partial charge < -0.3 is 0 Å². The fraction of sp³-hybridized carbons (Fsp3) is 1.00. The molecular formula is C4H5Cl2OS+. The van der Waals surface area contributed by atoms with Crippen molar-refractivity contribution >= 4 is 34.9 Å². The molecular weight excluding hydrogens is 167 g/mol. The van der Waals surface area contributed by atoms with Crippen LogP contribution in [-0.2, 0) is 15.9 Å². The number of hydrogen-bond donors (Lipinski definition) is 0. The molecule has 1 rings (SSSR count). The van der Waals surface area contributed by atoms with E-state index in [0.29, 0.717) is 24.5 Å². The van der Waals surface area contributed by atoms with Crippen molar-refractivity contribution in [2.45, 2.75) is 22.4 Å². The molecule has 1 saturated carbocycles. The van der Waals surface area contributed by atoms with E-state index in [1.165, 1.54) is 0 Å². The maximum Gasteiger partial charge on any atom is 0.462 e. The third-order valence-electron chi connectivity index (χ3n) is 1.19. The van der Waals surface area contributed by atoms with Crippen LogP contribution < -0.4 is 0 Å². The van der Waals surface area contributed by atoms with Crippen LogP contribution in [0.15, 0.2) is 0 Å². The summed E-state index contributed by atoms with van der Waals surface area (Å²) in [7, 11) is 0. The molecule has 1 aliphatic carbocycles. The number of rotatable bonds is 1. The molecule has 46 valence electrons. The van der Waals surface area contributed by atoms with Crippen LogP contribution in [0.3, 0.4) is 0 Å². The van der Waals surface area contributed by atoms with Crippen LogP contribution in [0.4, 0.5) is 0 Å². The van der Waals surface area contributed by atoms with E-state index >= 15 is 0 Å². The molecule has 0 saturated heterocycles. The van der Waals surface area contributed by atoms with Gasteiger partial charge in [0.05, 0.1) is 0 Å². The summed E-state index contributed by atoms with van der Waals surface area (Å²) in [4.78, 5) is 0. The first kappa shape index (κ1) is 6.72. The zero-order chi connectivity index (χ0) is 6.20. The largest absolute Gasteiger partial charge is 0.462 e. The molecule has 1 fully saturated rings. The molecule has 0 aromatic heterocycles. The maximum atomic E-state index is 10.00. The van der Waals surface area contributed by atoms with Gasteiger partial charge in [0, 0.05) is 17.1 Å². The first-order chi connectivity index (χ1) is 3.64. The fourth-order valence-electron chi connectivity index (χ4n) is 0.674. The second-order valence-electron chi connectivity index (χ2n) is 1.98. The Labute approximate surface area is 61.8 Å². The van der Waals surface area contributed by atoms with Crippen molar-refractivity contribution in [3.63, 3.8) is 0 Å². The minimum Gasteiger partial charge on any atom is -0.101 e. The third-order valence-corrected chi connectivity index (χ3v) is 2.41. The molecule has 0 aromatic rings. The molecule has 4 heteroatoms. The highest BCUT2D eigenvalue weighted by Crippen LogP contribution is 2.42. The summed E-state index contributed by atoms with van der Waals surface area (Å²) in [5.41, 5.74) is 0. The Morgan fingerprint density at radius 3 is 2.12 bits per heavy atom. The van der Waals surface area contributed by atoms with Crippen LogP contribution >= 0.6 is 23.2 Å². The van der Waals surface area contributed by atoms with Crippen LogP contribution in [-0.4, -0.2) is 9.58 Å². The van der Waals surface area contributed by atoms with E-state index in [1.807, 2.05) is 0 Å². The maximum absolute atomic E-state index is 10.00. The van der Waals surface area contributed by atoms with Gasteiger partial charge >= 0.3 is 11.7 Å². The van der Waals surface area contributed by atoms with Gasteiger partial charge in [-0.3, -0.25) is 0 Å². The zero-order valence-corrected chi connectivity index (χ0v) is 6.39. The van der Waals surface area contributed by atoms with Crippen LogP contribution in [0, 0.1) is 0 Å². The number of halogens is 2. The molecule has 0 aromatic carbocycles. The van der Waals surface area contributed by atoms with Crippen molar-refractivity contribution in [3.05, 3.63) is 0 Å². The Bertz CT molecular complexity index is 107. The van der Waals surface area contributed by atoms with Crippen LogP contribution in [0.5, 0.6) is 0 Å². The van der Waals surface area contributed by atoms with Crippen LogP contribution in [0.2, 0.25) is 0 Å². The molecule has 1 nitrogen and oxygen atoms in total. The second kappa shape index (κ2) is 2.09. The Kier molecular flexibility index (Phi) is 1.75. The highest BCUT2D eigenvalue weighted by Gasteiger charge is 2.49. The molecule has 0 radical (unpaired) electrons. The summed E-state index contributed by atoms with van der Waals surface area (Å²) in [6, 6.07) is 0. The number of hydrogen-bond acceptors (Lipinski definition) is 1. The molecule has 0 aliphatic heterocycles. The van der Waals surface area contributed by atoms with Gasteiger partial charge in [0.1, 0.15) is 4.33 Å². The highest BCUT2D eigenvalue weighted by molar-refractivity contribution is 7.66. The van der Waals surface area contributed by atoms with Crippen LogP contribution in [0.1, 0.15) is 12.8 Å². The topological polar surface area (TPSA) is 17.1 Å². The summed E-state index contributed by atoms with van der Waals surface area (Å²) in [5.74, 6) is 0. The number of alkyl halides is 2. The average Bonchev–Trinajstić information content (AvgIpc) is 1.60. The van der Waals surface area contributed by atoms with Gasteiger partial charge in [-0.25, -0.2) is 0 Å². The van der Waals surface area contributed by atoms with Crippen molar-refractivity contribution in [3.8, 4) is 0 Å². The Hall–Kier alpha value is 0.600. The smallest absolute Gasteiger partial charge is 0.101 e. The van der Waals surface area contributed by atoms with Gasteiger partial charge in [0.25, 0.3) is 0 Å². The lowest BCUT2D eigenvalue weighted by Gasteiger charge is -2.26. The highest BCUT2D eigenvalue weighted by atomic mass is 35.5. The first-order valence-electron chi connectivity index (χ1n) is 2.30. The van der Waals surface area contributed by atoms with Gasteiger partial charge in [-0.15, -0.1) is 23.2 Å². The summed E-state index contributed by atoms with van der Waals surface area (Å²) >= 11 is 11.8. The lowest BCUT2D eigenvalue weighted by molar-refractivity contribution is 0.469. The Balaban J connectivity index is 2.31. The van der Waals surface area contributed by atoms with E-state index in [4.69, 9.17) is 23.2 Å². The van der Waals surface area contributed by atoms with Crippen molar-refractivity contribution in [2.24, 2.45) is 0 Å². The molecule has 0 atom stereocenters. The zero-order valence-electron chi connectivity index (χ0n) is 4.06. The quantitative estimate of drug-likeness (QED) is 0.435. The first-order valence-corrected chi connectivity index (χ1v) is 3.86. The lowest BCUT2D eigenvalue weighted by atomic mass is 9.98. The fourth-order valence-corrected chi connectivity index (χ4v) is 2.49. The van der Waals surface area contributed by atoms with E-state index in [2.05, 4.69) is 0 Å². The lowest BCUT2D eigenvalue weighted by Crippen LogP contribution is -2.36.